The van der Waals surface area contributed by atoms with Crippen LogP contribution in [-0.4, -0.2) is 38.6 Å². The van der Waals surface area contributed by atoms with Crippen LogP contribution in [0, 0.1) is 0 Å². The van der Waals surface area contributed by atoms with E-state index in [1.165, 1.54) is 0 Å². The minimum Gasteiger partial charge on any atom is -0.481 e. The first kappa shape index (κ1) is 15.0. The number of carboxylic acids is 1. The van der Waals surface area contributed by atoms with Crippen LogP contribution in [0.4, 0.5) is 0 Å². The molecule has 3 N–H and O–H groups in total. The van der Waals surface area contributed by atoms with Gasteiger partial charge < -0.3 is 15.6 Å². The average Bonchev–Trinajstić information content (AvgIpc) is 2.38. The second-order valence-electron chi connectivity index (χ2n) is 5.24. The smallest absolute Gasteiger partial charge is 0.363 e. The zero-order valence-electron chi connectivity index (χ0n) is 10.9. The Balaban J connectivity index is 2.84. The van der Waals surface area contributed by atoms with Crippen molar-refractivity contribution in [3.63, 3.8) is 0 Å². The van der Waals surface area contributed by atoms with Crippen LogP contribution in [-0.2, 0) is 14.3 Å². The van der Waals surface area contributed by atoms with Crippen LogP contribution < -0.4 is 5.73 Å². The number of carboxylic acid groups (broad SMARTS) is 1. The number of hydrogen-bond acceptors (Lipinski definition) is 6. The summed E-state index contributed by atoms with van der Waals surface area (Å²) in [5.74, 6) is -1.60. The number of rotatable bonds is 3. The number of esters is 1. The van der Waals surface area contributed by atoms with Gasteiger partial charge in [0.1, 0.15) is 11.3 Å². The molecular weight excluding hydrogens is 256 g/mol. The van der Waals surface area contributed by atoms with Crippen molar-refractivity contribution < 1.29 is 19.4 Å². The van der Waals surface area contributed by atoms with Gasteiger partial charge in [0.05, 0.1) is 6.42 Å². The molecule has 0 aromatic carbocycles. The highest BCUT2D eigenvalue weighted by Gasteiger charge is 2.43. The van der Waals surface area contributed by atoms with Crippen LogP contribution in [0.2, 0.25) is 0 Å². The van der Waals surface area contributed by atoms with Gasteiger partial charge in [0.25, 0.3) is 0 Å². The Morgan fingerprint density at radius 3 is 2.56 bits per heavy atom. The van der Waals surface area contributed by atoms with Crippen molar-refractivity contribution in [2.24, 2.45) is 10.7 Å². The van der Waals surface area contributed by atoms with Crippen molar-refractivity contribution in [3.05, 3.63) is 0 Å². The maximum absolute atomic E-state index is 11.8. The molecule has 7 heteroatoms. The molecule has 0 bridgehead atoms. The minimum atomic E-state index is -1.25. The van der Waals surface area contributed by atoms with E-state index >= 15 is 0 Å². The lowest BCUT2D eigenvalue weighted by Crippen LogP contribution is -2.45. The summed E-state index contributed by atoms with van der Waals surface area (Å²) in [6.07, 6.45) is -0.312. The molecule has 6 nitrogen and oxygen atoms in total. The highest BCUT2D eigenvalue weighted by molar-refractivity contribution is 8.16. The van der Waals surface area contributed by atoms with E-state index in [0.29, 0.717) is 0 Å². The van der Waals surface area contributed by atoms with Gasteiger partial charge in [-0.25, -0.2) is 9.79 Å². The molecule has 0 amide bonds. The maximum atomic E-state index is 11.8. The van der Waals surface area contributed by atoms with Crippen LogP contribution in [0.1, 0.15) is 34.1 Å². The number of carbonyl (C=O) groups excluding carboxylic acids is 1. The van der Waals surface area contributed by atoms with E-state index < -0.39 is 23.2 Å². The van der Waals surface area contributed by atoms with Crippen LogP contribution in [0.25, 0.3) is 0 Å². The molecule has 0 fully saturated rings. The third-order valence-electron chi connectivity index (χ3n) is 2.31. The van der Waals surface area contributed by atoms with Gasteiger partial charge in [-0.15, -0.1) is 0 Å². The number of aliphatic carboxylic acids is 1. The van der Waals surface area contributed by atoms with Gasteiger partial charge in [-0.2, -0.15) is 0 Å². The van der Waals surface area contributed by atoms with Gasteiger partial charge >= 0.3 is 11.9 Å². The number of carbonyl (C=O) groups is 2. The molecule has 18 heavy (non-hydrogen) atoms. The topological polar surface area (TPSA) is 102 Å². The number of nitrogens with two attached hydrogens (primary N) is 1. The average molecular weight is 274 g/mol. The van der Waals surface area contributed by atoms with Crippen LogP contribution in [0.15, 0.2) is 4.99 Å². The summed E-state index contributed by atoms with van der Waals surface area (Å²) in [5, 5.41) is 8.65. The monoisotopic (exact) mass is 274 g/mol. The zero-order valence-corrected chi connectivity index (χ0v) is 11.7. The van der Waals surface area contributed by atoms with Crippen molar-refractivity contribution in [2.75, 3.05) is 0 Å². The van der Waals surface area contributed by atoms with E-state index in [0.717, 1.165) is 11.8 Å². The molecule has 1 aliphatic rings. The Morgan fingerprint density at radius 2 is 2.11 bits per heavy atom. The molecule has 2 atom stereocenters. The number of thioether (sulfide) groups is 1. The van der Waals surface area contributed by atoms with Crippen molar-refractivity contribution >= 4 is 28.7 Å². The lowest BCUT2D eigenvalue weighted by molar-refractivity contribution is -0.146. The molecular formula is C11H18N2O4S. The molecule has 0 radical (unpaired) electrons. The van der Waals surface area contributed by atoms with Gasteiger partial charge in [0.2, 0.25) is 0 Å². The number of ether oxygens (including phenoxy) is 1. The first-order chi connectivity index (χ1) is 8.03. The number of aliphatic imine (C=N–C) groups is 1. The highest BCUT2D eigenvalue weighted by atomic mass is 32.2. The first-order valence-corrected chi connectivity index (χ1v) is 6.42. The fourth-order valence-electron chi connectivity index (χ4n) is 1.42. The van der Waals surface area contributed by atoms with Gasteiger partial charge in [-0.1, -0.05) is 11.8 Å². The van der Waals surface area contributed by atoms with Crippen molar-refractivity contribution in [3.8, 4) is 0 Å². The Bertz CT molecular complexity index is 402. The van der Waals surface area contributed by atoms with Crippen LogP contribution in [0.5, 0.6) is 0 Å². The molecule has 2 unspecified atom stereocenters. The Morgan fingerprint density at radius 1 is 1.56 bits per heavy atom. The summed E-state index contributed by atoms with van der Waals surface area (Å²) < 4.78 is 5.17. The van der Waals surface area contributed by atoms with E-state index in [1.807, 2.05) is 0 Å². The summed E-state index contributed by atoms with van der Waals surface area (Å²) in [4.78, 5) is 26.6. The second kappa shape index (κ2) is 4.89. The van der Waals surface area contributed by atoms with Crippen molar-refractivity contribution in [1.29, 1.82) is 0 Å². The first-order valence-electron chi connectivity index (χ1n) is 5.54. The third kappa shape index (κ3) is 3.71. The molecule has 0 aliphatic carbocycles. The number of hydrogen-bond donors (Lipinski definition) is 2. The van der Waals surface area contributed by atoms with Gasteiger partial charge in [0, 0.05) is 5.25 Å². The zero-order chi connectivity index (χ0) is 14.1. The van der Waals surface area contributed by atoms with E-state index in [9.17, 15) is 9.59 Å². The maximum Gasteiger partial charge on any atom is 0.363 e. The van der Waals surface area contributed by atoms with Gasteiger partial charge in [-0.3, -0.25) is 4.79 Å². The largest absolute Gasteiger partial charge is 0.481 e. The molecule has 0 spiro atoms. The molecule has 1 rings (SSSR count). The summed E-state index contributed by atoms with van der Waals surface area (Å²) >= 11 is 1.15. The van der Waals surface area contributed by atoms with E-state index in [4.69, 9.17) is 15.6 Å². The molecule has 0 saturated heterocycles. The normalized spacial score (nSPS) is 27.8. The molecule has 0 saturated carbocycles. The van der Waals surface area contributed by atoms with Gasteiger partial charge in [-0.05, 0) is 27.7 Å². The molecule has 102 valence electrons. The lowest BCUT2D eigenvalue weighted by Gasteiger charge is -2.22. The molecule has 0 aromatic rings. The lowest BCUT2D eigenvalue weighted by atomic mass is 10.1. The Kier molecular flexibility index (Phi) is 4.07. The molecule has 1 aliphatic heterocycles. The summed E-state index contributed by atoms with van der Waals surface area (Å²) in [7, 11) is 0. The molecule has 1 heterocycles. The Hall–Kier alpha value is -1.08. The fourth-order valence-corrected chi connectivity index (χ4v) is 2.45. The Labute approximate surface area is 110 Å². The highest BCUT2D eigenvalue weighted by Crippen LogP contribution is 2.35. The molecule has 0 aromatic heterocycles. The standard InChI is InChI=1S/C11H18N2O4S/c1-6-11(12,5-7(14)15)13-8(18-6)9(16)17-10(2,3)4/h6H,5,12H2,1-4H3,(H,14,15). The number of nitrogens with zero attached hydrogens (tertiary/aromatic N) is 1. The van der Waals surface area contributed by atoms with Crippen LogP contribution in [0.3, 0.4) is 0 Å². The van der Waals surface area contributed by atoms with Crippen molar-refractivity contribution in [2.45, 2.75) is 50.6 Å². The third-order valence-corrected chi connectivity index (χ3v) is 3.55. The SMILES string of the molecule is CC1SC(C(=O)OC(C)(C)C)=NC1(N)CC(=O)O. The van der Waals surface area contributed by atoms with E-state index in [-0.39, 0.29) is 16.7 Å². The van der Waals surface area contributed by atoms with Crippen molar-refractivity contribution in [1.82, 2.24) is 0 Å². The van der Waals surface area contributed by atoms with E-state index in [2.05, 4.69) is 4.99 Å². The summed E-state index contributed by atoms with van der Waals surface area (Å²) in [6.45, 7) is 7.00. The predicted octanol–water partition coefficient (Wildman–Crippen LogP) is 0.992. The van der Waals surface area contributed by atoms with Gasteiger partial charge in [0.15, 0.2) is 5.04 Å². The second-order valence-corrected chi connectivity index (χ2v) is 6.57. The van der Waals surface area contributed by atoms with Crippen LogP contribution >= 0.6 is 11.8 Å². The van der Waals surface area contributed by atoms with E-state index in [1.54, 1.807) is 27.7 Å². The minimum absolute atomic E-state index is 0.140. The quantitative estimate of drug-likeness (QED) is 0.744. The predicted molar refractivity (Wildman–Crippen MR) is 69.5 cm³/mol. The fraction of sp³-hybridized carbons (Fsp3) is 0.727. The summed E-state index contributed by atoms with van der Waals surface area (Å²) in [6, 6.07) is 0. The summed E-state index contributed by atoms with van der Waals surface area (Å²) in [5.41, 5.74) is 4.04.